The molecule has 0 amide bonds. The fraction of sp³-hybridized carbons (Fsp3) is 0.0667. The number of ketones is 2. The summed E-state index contributed by atoms with van der Waals surface area (Å²) in [5, 5.41) is 0. The fourth-order valence-corrected chi connectivity index (χ4v) is 1.72. The Hall–Kier alpha value is -2.50. The molecule has 0 fully saturated rings. The van der Waals surface area contributed by atoms with Crippen LogP contribution in [-0.2, 0) is 6.18 Å². The molecule has 0 spiro atoms. The molecular weight excluding hydrogens is 288 g/mol. The Morgan fingerprint density at radius 1 is 0.857 bits per heavy atom. The highest BCUT2D eigenvalue weighted by Gasteiger charge is 2.32. The SMILES string of the molecule is O=C(C(=O)c1ccc(C(F)(F)F)cc1F)c1ccccc1. The minimum absolute atomic E-state index is 0.0433. The second-order valence-corrected chi connectivity index (χ2v) is 4.22. The van der Waals surface area contributed by atoms with Crippen LogP contribution in [0.1, 0.15) is 26.3 Å². The summed E-state index contributed by atoms with van der Waals surface area (Å²) in [7, 11) is 0. The number of hydrogen-bond donors (Lipinski definition) is 0. The average Bonchev–Trinajstić information content (AvgIpc) is 2.45. The first-order chi connectivity index (χ1) is 9.80. The van der Waals surface area contributed by atoms with Crippen LogP contribution in [0.25, 0.3) is 0 Å². The molecule has 2 rings (SSSR count). The second kappa shape index (κ2) is 5.47. The van der Waals surface area contributed by atoms with Gasteiger partial charge in [0.1, 0.15) is 5.82 Å². The summed E-state index contributed by atoms with van der Waals surface area (Å²) >= 11 is 0. The molecule has 21 heavy (non-hydrogen) atoms. The zero-order chi connectivity index (χ0) is 15.6. The van der Waals surface area contributed by atoms with E-state index in [0.29, 0.717) is 12.1 Å². The Bertz CT molecular complexity index is 691. The quantitative estimate of drug-likeness (QED) is 0.489. The van der Waals surface area contributed by atoms with Crippen LogP contribution in [0.5, 0.6) is 0 Å². The van der Waals surface area contributed by atoms with E-state index in [4.69, 9.17) is 0 Å². The molecular formula is C15H8F4O2. The average molecular weight is 296 g/mol. The van der Waals surface area contributed by atoms with Crippen LogP contribution >= 0.6 is 0 Å². The Morgan fingerprint density at radius 3 is 2.00 bits per heavy atom. The maximum Gasteiger partial charge on any atom is 0.416 e. The summed E-state index contributed by atoms with van der Waals surface area (Å²) in [6.45, 7) is 0. The van der Waals surface area contributed by atoms with Gasteiger partial charge >= 0.3 is 6.18 Å². The van der Waals surface area contributed by atoms with Crippen LogP contribution in [-0.4, -0.2) is 11.6 Å². The number of halogens is 4. The van der Waals surface area contributed by atoms with Crippen molar-refractivity contribution in [2.45, 2.75) is 6.18 Å². The smallest absolute Gasteiger partial charge is 0.285 e. The lowest BCUT2D eigenvalue weighted by molar-refractivity contribution is -0.137. The first-order valence-electron chi connectivity index (χ1n) is 5.81. The number of hydrogen-bond acceptors (Lipinski definition) is 2. The molecule has 0 saturated heterocycles. The topological polar surface area (TPSA) is 34.1 Å². The minimum Gasteiger partial charge on any atom is -0.285 e. The highest BCUT2D eigenvalue weighted by molar-refractivity contribution is 6.49. The Kier molecular flexibility index (Phi) is 3.88. The van der Waals surface area contributed by atoms with Crippen LogP contribution in [0.3, 0.4) is 0 Å². The molecule has 0 atom stereocenters. The molecule has 0 radical (unpaired) electrons. The molecule has 108 valence electrons. The number of rotatable bonds is 3. The fourth-order valence-electron chi connectivity index (χ4n) is 1.72. The van der Waals surface area contributed by atoms with E-state index in [0.717, 1.165) is 0 Å². The van der Waals surface area contributed by atoms with Gasteiger partial charge in [0.15, 0.2) is 0 Å². The van der Waals surface area contributed by atoms with Gasteiger partial charge in [-0.05, 0) is 18.2 Å². The van der Waals surface area contributed by atoms with Gasteiger partial charge in [0, 0.05) is 5.56 Å². The number of benzene rings is 2. The summed E-state index contributed by atoms with van der Waals surface area (Å²) in [5.41, 5.74) is -1.86. The number of carbonyl (C=O) groups is 2. The van der Waals surface area contributed by atoms with E-state index >= 15 is 0 Å². The van der Waals surface area contributed by atoms with Crippen molar-refractivity contribution < 1.29 is 27.2 Å². The van der Waals surface area contributed by atoms with Crippen LogP contribution in [0.15, 0.2) is 48.5 Å². The third-order valence-electron chi connectivity index (χ3n) is 2.78. The molecule has 2 aromatic rings. The van der Waals surface area contributed by atoms with Gasteiger partial charge in [-0.2, -0.15) is 13.2 Å². The largest absolute Gasteiger partial charge is 0.416 e. The van der Waals surface area contributed by atoms with E-state index in [1.807, 2.05) is 0 Å². The van der Waals surface area contributed by atoms with E-state index < -0.39 is 34.7 Å². The van der Waals surface area contributed by atoms with E-state index in [2.05, 4.69) is 0 Å². The van der Waals surface area contributed by atoms with Crippen LogP contribution in [0, 0.1) is 5.82 Å². The van der Waals surface area contributed by atoms with Gasteiger partial charge in [0.25, 0.3) is 0 Å². The second-order valence-electron chi connectivity index (χ2n) is 4.22. The summed E-state index contributed by atoms with van der Waals surface area (Å²) in [4.78, 5) is 23.7. The maximum atomic E-state index is 13.6. The van der Waals surface area contributed by atoms with Crippen LogP contribution < -0.4 is 0 Å². The van der Waals surface area contributed by atoms with Gasteiger partial charge in [-0.1, -0.05) is 30.3 Å². The van der Waals surface area contributed by atoms with E-state index in [9.17, 15) is 27.2 Å². The summed E-state index contributed by atoms with van der Waals surface area (Å²) in [5.74, 6) is -3.54. The Morgan fingerprint density at radius 2 is 1.48 bits per heavy atom. The molecule has 0 aliphatic carbocycles. The van der Waals surface area contributed by atoms with Gasteiger partial charge in [-0.25, -0.2) is 4.39 Å². The first kappa shape index (κ1) is 14.9. The number of alkyl halides is 3. The van der Waals surface area contributed by atoms with Gasteiger partial charge in [0.2, 0.25) is 11.6 Å². The van der Waals surface area contributed by atoms with Crippen molar-refractivity contribution in [2.75, 3.05) is 0 Å². The lowest BCUT2D eigenvalue weighted by Gasteiger charge is -2.08. The Labute approximate surface area is 117 Å². The molecule has 6 heteroatoms. The van der Waals surface area contributed by atoms with Crippen molar-refractivity contribution in [2.24, 2.45) is 0 Å². The zero-order valence-electron chi connectivity index (χ0n) is 10.4. The van der Waals surface area contributed by atoms with Gasteiger partial charge < -0.3 is 0 Å². The third-order valence-corrected chi connectivity index (χ3v) is 2.78. The van der Waals surface area contributed by atoms with Crippen molar-refractivity contribution >= 4 is 11.6 Å². The normalized spacial score (nSPS) is 11.2. The molecule has 0 unspecified atom stereocenters. The minimum atomic E-state index is -4.72. The molecule has 0 aliphatic heterocycles. The van der Waals surface area contributed by atoms with E-state index in [1.54, 1.807) is 6.07 Å². The highest BCUT2D eigenvalue weighted by Crippen LogP contribution is 2.30. The summed E-state index contributed by atoms with van der Waals surface area (Å²) in [6.07, 6.45) is -4.72. The molecule has 0 saturated carbocycles. The van der Waals surface area contributed by atoms with Crippen LogP contribution in [0.2, 0.25) is 0 Å². The molecule has 0 aromatic heterocycles. The lowest BCUT2D eigenvalue weighted by Crippen LogP contribution is -2.17. The summed E-state index contributed by atoms with van der Waals surface area (Å²) < 4.78 is 50.9. The third kappa shape index (κ3) is 3.16. The Balaban J connectivity index is 2.35. The van der Waals surface area contributed by atoms with Crippen molar-refractivity contribution in [1.29, 1.82) is 0 Å². The standard InChI is InChI=1S/C15H8F4O2/c16-12-8-10(15(17,18)19)6-7-11(12)14(21)13(20)9-4-2-1-3-5-9/h1-8H. The maximum absolute atomic E-state index is 13.6. The van der Waals surface area contributed by atoms with Gasteiger partial charge in [-0.3, -0.25) is 9.59 Å². The summed E-state index contributed by atoms with van der Waals surface area (Å²) in [6, 6.07) is 8.82. The molecule has 0 heterocycles. The molecule has 2 aromatic carbocycles. The number of carbonyl (C=O) groups excluding carboxylic acids is 2. The zero-order valence-corrected chi connectivity index (χ0v) is 10.4. The van der Waals surface area contributed by atoms with Crippen molar-refractivity contribution in [3.8, 4) is 0 Å². The molecule has 2 nitrogen and oxygen atoms in total. The number of Topliss-reactive ketones (excluding diaryl/α,β-unsaturated/α-hetero) is 2. The van der Waals surface area contributed by atoms with E-state index in [1.165, 1.54) is 24.3 Å². The predicted octanol–water partition coefficient (Wildman–Crippen LogP) is 3.91. The van der Waals surface area contributed by atoms with Crippen molar-refractivity contribution in [1.82, 2.24) is 0 Å². The lowest BCUT2D eigenvalue weighted by atomic mass is 10.00. The first-order valence-corrected chi connectivity index (χ1v) is 5.81. The molecule has 0 bridgehead atoms. The predicted molar refractivity (Wildman–Crippen MR) is 66.5 cm³/mol. The van der Waals surface area contributed by atoms with Gasteiger partial charge in [-0.15, -0.1) is 0 Å². The van der Waals surface area contributed by atoms with Crippen LogP contribution in [0.4, 0.5) is 17.6 Å². The van der Waals surface area contributed by atoms with Crippen molar-refractivity contribution in [3.05, 3.63) is 71.0 Å². The molecule has 0 N–H and O–H groups in total. The highest BCUT2D eigenvalue weighted by atomic mass is 19.4. The van der Waals surface area contributed by atoms with Gasteiger partial charge in [0.05, 0.1) is 11.1 Å². The monoisotopic (exact) mass is 296 g/mol. The van der Waals surface area contributed by atoms with Crippen molar-refractivity contribution in [3.63, 3.8) is 0 Å². The molecule has 0 aliphatic rings. The van der Waals surface area contributed by atoms with E-state index in [-0.39, 0.29) is 11.6 Å².